The Hall–Kier alpha value is -2.70. The molecule has 1 saturated heterocycles. The Kier molecular flexibility index (Phi) is 6.92. The lowest BCUT2D eigenvalue weighted by Gasteiger charge is -2.36. The number of hydrogen-bond donors (Lipinski definition) is 1. The van der Waals surface area contributed by atoms with Gasteiger partial charge in [-0.15, -0.1) is 10.2 Å². The minimum atomic E-state index is -0.545. The predicted octanol–water partition coefficient (Wildman–Crippen LogP) is 3.47. The lowest BCUT2D eigenvalue weighted by molar-refractivity contribution is -0.135. The summed E-state index contributed by atoms with van der Waals surface area (Å²) in [6, 6.07) is 6.94. The second kappa shape index (κ2) is 9.84. The van der Waals surface area contributed by atoms with Crippen LogP contribution < -0.4 is 5.32 Å². The average Bonchev–Trinajstić information content (AvgIpc) is 3.05. The van der Waals surface area contributed by atoms with Crippen molar-refractivity contribution in [3.05, 3.63) is 47.0 Å². The maximum absolute atomic E-state index is 13.5. The highest BCUT2D eigenvalue weighted by molar-refractivity contribution is 5.98. The third kappa shape index (κ3) is 4.71. The number of carbonyl (C=O) groups is 2. The normalized spacial score (nSPS) is 19.9. The topological polar surface area (TPSA) is 80.1 Å². The van der Waals surface area contributed by atoms with Crippen LogP contribution in [0.1, 0.15) is 79.4 Å². The second-order valence-electron chi connectivity index (χ2n) is 9.57. The van der Waals surface area contributed by atoms with Crippen molar-refractivity contribution in [3.8, 4) is 0 Å². The number of likely N-dealkylation sites (tertiary alicyclic amines) is 1. The van der Waals surface area contributed by atoms with Gasteiger partial charge < -0.3 is 14.8 Å². The molecule has 2 atom stereocenters. The fraction of sp³-hybridized carbons (Fsp3) is 0.600. The fourth-order valence-electron chi connectivity index (χ4n) is 4.95. The number of nitrogens with zero attached hydrogens (tertiary/aromatic N) is 4. The quantitative estimate of drug-likeness (QED) is 0.777. The molecule has 0 spiro atoms. The number of nitrogens with one attached hydrogen (secondary N) is 1. The molecule has 2 aromatic rings. The summed E-state index contributed by atoms with van der Waals surface area (Å²) in [6.45, 7) is 8.22. The van der Waals surface area contributed by atoms with E-state index >= 15 is 0 Å². The molecule has 2 amide bonds. The fourth-order valence-corrected chi connectivity index (χ4v) is 4.95. The van der Waals surface area contributed by atoms with Crippen molar-refractivity contribution >= 4 is 11.8 Å². The van der Waals surface area contributed by atoms with Crippen LogP contribution in [0.2, 0.25) is 0 Å². The van der Waals surface area contributed by atoms with Gasteiger partial charge in [-0.2, -0.15) is 0 Å². The Morgan fingerprint density at radius 2 is 1.88 bits per heavy atom. The van der Waals surface area contributed by atoms with Gasteiger partial charge in [-0.25, -0.2) is 0 Å². The van der Waals surface area contributed by atoms with Crippen LogP contribution in [-0.2, 0) is 17.8 Å². The molecule has 0 aliphatic carbocycles. The number of amides is 2. The molecule has 3 heterocycles. The lowest BCUT2D eigenvalue weighted by Crippen LogP contribution is -2.53. The van der Waals surface area contributed by atoms with Crippen molar-refractivity contribution in [1.82, 2.24) is 25.0 Å². The number of hydrogen-bond acceptors (Lipinski definition) is 4. The standard InChI is InChI=1S/C25H35N5O2/c1-17(2)22(26-24(31)20-12-7-6-10-18(20)3)25(32)29-14-9-11-19(16-29)23-28-27-21-13-5-4-8-15-30(21)23/h6-7,10,12,17,19,22H,4-5,8-9,11,13-16H2,1-3H3,(H,26,31)/t19-,22+/m1/s1. The summed E-state index contributed by atoms with van der Waals surface area (Å²) in [5.74, 6) is 2.14. The molecular formula is C25H35N5O2. The van der Waals surface area contributed by atoms with Gasteiger partial charge in [-0.1, -0.05) is 38.5 Å². The number of fused-ring (bicyclic) bond motifs is 1. The first kappa shape index (κ1) is 22.5. The molecule has 0 bridgehead atoms. The van der Waals surface area contributed by atoms with E-state index in [1.54, 1.807) is 6.07 Å². The Morgan fingerprint density at radius 3 is 2.66 bits per heavy atom. The molecule has 0 saturated carbocycles. The van der Waals surface area contributed by atoms with Crippen LogP contribution in [0.4, 0.5) is 0 Å². The largest absolute Gasteiger partial charge is 0.340 e. The van der Waals surface area contributed by atoms with Gasteiger partial charge in [0.25, 0.3) is 5.91 Å². The smallest absolute Gasteiger partial charge is 0.252 e. The Morgan fingerprint density at radius 1 is 1.06 bits per heavy atom. The summed E-state index contributed by atoms with van der Waals surface area (Å²) >= 11 is 0. The summed E-state index contributed by atoms with van der Waals surface area (Å²) in [4.78, 5) is 28.4. The summed E-state index contributed by atoms with van der Waals surface area (Å²) in [7, 11) is 0. The van der Waals surface area contributed by atoms with Gasteiger partial charge in [0.2, 0.25) is 5.91 Å². The monoisotopic (exact) mass is 437 g/mol. The third-order valence-electron chi connectivity index (χ3n) is 6.85. The van der Waals surface area contributed by atoms with Crippen LogP contribution in [0.15, 0.2) is 24.3 Å². The molecule has 2 aliphatic heterocycles. The van der Waals surface area contributed by atoms with Crippen molar-refractivity contribution in [2.24, 2.45) is 5.92 Å². The molecule has 172 valence electrons. The number of benzene rings is 1. The molecule has 0 unspecified atom stereocenters. The van der Waals surface area contributed by atoms with Crippen LogP contribution in [0.25, 0.3) is 0 Å². The van der Waals surface area contributed by atoms with Crippen LogP contribution in [0.5, 0.6) is 0 Å². The molecule has 7 heteroatoms. The highest BCUT2D eigenvalue weighted by Crippen LogP contribution is 2.28. The van der Waals surface area contributed by atoms with E-state index in [1.807, 2.05) is 43.9 Å². The van der Waals surface area contributed by atoms with Crippen molar-refractivity contribution < 1.29 is 9.59 Å². The van der Waals surface area contributed by atoms with E-state index in [1.165, 1.54) is 12.8 Å². The number of piperidine rings is 1. The van der Waals surface area contributed by atoms with E-state index in [0.717, 1.165) is 56.0 Å². The van der Waals surface area contributed by atoms with E-state index in [-0.39, 0.29) is 23.7 Å². The number of aryl methyl sites for hydroxylation is 2. The summed E-state index contributed by atoms with van der Waals surface area (Å²) in [5.41, 5.74) is 1.53. The van der Waals surface area contributed by atoms with Crippen molar-refractivity contribution in [1.29, 1.82) is 0 Å². The summed E-state index contributed by atoms with van der Waals surface area (Å²) in [6.07, 6.45) is 6.51. The van der Waals surface area contributed by atoms with Crippen molar-refractivity contribution in [3.63, 3.8) is 0 Å². The number of rotatable bonds is 5. The zero-order chi connectivity index (χ0) is 22.7. The maximum Gasteiger partial charge on any atom is 0.252 e. The van der Waals surface area contributed by atoms with Gasteiger partial charge in [0.15, 0.2) is 0 Å². The second-order valence-corrected chi connectivity index (χ2v) is 9.57. The first-order valence-electron chi connectivity index (χ1n) is 12.0. The summed E-state index contributed by atoms with van der Waals surface area (Å²) < 4.78 is 2.30. The molecule has 2 aliphatic rings. The van der Waals surface area contributed by atoms with Crippen LogP contribution >= 0.6 is 0 Å². The Balaban J connectivity index is 1.48. The van der Waals surface area contributed by atoms with E-state index in [4.69, 9.17) is 0 Å². The Bertz CT molecular complexity index is 967. The highest BCUT2D eigenvalue weighted by Gasteiger charge is 2.34. The summed E-state index contributed by atoms with van der Waals surface area (Å²) in [5, 5.41) is 12.0. The maximum atomic E-state index is 13.5. The highest BCUT2D eigenvalue weighted by atomic mass is 16.2. The molecule has 0 radical (unpaired) electrons. The molecule has 4 rings (SSSR count). The Labute approximate surface area is 190 Å². The molecule has 1 aromatic heterocycles. The van der Waals surface area contributed by atoms with Crippen molar-refractivity contribution in [2.75, 3.05) is 13.1 Å². The van der Waals surface area contributed by atoms with Crippen LogP contribution in [-0.4, -0.2) is 50.6 Å². The zero-order valence-corrected chi connectivity index (χ0v) is 19.5. The van der Waals surface area contributed by atoms with E-state index in [0.29, 0.717) is 12.1 Å². The van der Waals surface area contributed by atoms with Crippen LogP contribution in [0, 0.1) is 12.8 Å². The van der Waals surface area contributed by atoms with Gasteiger partial charge in [0.1, 0.15) is 17.7 Å². The third-order valence-corrected chi connectivity index (χ3v) is 6.85. The van der Waals surface area contributed by atoms with Gasteiger partial charge >= 0.3 is 0 Å². The molecule has 32 heavy (non-hydrogen) atoms. The molecule has 1 aromatic carbocycles. The molecular weight excluding hydrogens is 402 g/mol. The predicted molar refractivity (Wildman–Crippen MR) is 123 cm³/mol. The van der Waals surface area contributed by atoms with Crippen molar-refractivity contribution in [2.45, 2.75) is 77.8 Å². The number of carbonyl (C=O) groups excluding carboxylic acids is 2. The SMILES string of the molecule is Cc1ccccc1C(=O)N[C@H](C(=O)N1CCC[C@@H](c2nnc3n2CCCCC3)C1)C(C)C. The van der Waals surface area contributed by atoms with Gasteiger partial charge in [0, 0.05) is 37.5 Å². The molecule has 7 nitrogen and oxygen atoms in total. The van der Waals surface area contributed by atoms with Crippen LogP contribution in [0.3, 0.4) is 0 Å². The molecule has 1 fully saturated rings. The lowest BCUT2D eigenvalue weighted by atomic mass is 9.94. The first-order chi connectivity index (χ1) is 15.5. The van der Waals surface area contributed by atoms with E-state index in [9.17, 15) is 9.59 Å². The zero-order valence-electron chi connectivity index (χ0n) is 19.5. The van der Waals surface area contributed by atoms with Gasteiger partial charge in [-0.3, -0.25) is 9.59 Å². The average molecular weight is 438 g/mol. The van der Waals surface area contributed by atoms with E-state index < -0.39 is 6.04 Å². The minimum Gasteiger partial charge on any atom is -0.340 e. The van der Waals surface area contributed by atoms with Gasteiger partial charge in [-0.05, 0) is 50.2 Å². The first-order valence-corrected chi connectivity index (χ1v) is 12.0. The van der Waals surface area contributed by atoms with Gasteiger partial charge in [0.05, 0.1) is 0 Å². The van der Waals surface area contributed by atoms with E-state index in [2.05, 4.69) is 20.1 Å². The minimum absolute atomic E-state index is 0.000193. The molecule has 1 N–H and O–H groups in total. The number of aromatic nitrogens is 3.